The van der Waals surface area contributed by atoms with Crippen molar-refractivity contribution in [1.82, 2.24) is 10.6 Å². The molecule has 4 atom stereocenters. The van der Waals surface area contributed by atoms with Gasteiger partial charge in [-0.05, 0) is 0 Å². The Morgan fingerprint density at radius 2 is 2.00 bits per heavy atom. The molecule has 2 rings (SSSR count). The van der Waals surface area contributed by atoms with Gasteiger partial charge in [0.05, 0.1) is 6.61 Å². The molecule has 2 heterocycles. The maximum absolute atomic E-state index is 11.4. The standard InChI is InChI=1S/C7H10N2O6/c10-2-1-15-4(12)3(11)7(2)5(13)8-6(14)9-7/h2-4,10-12H,1H2,(H2,8,9,13,14)/t2-,3+,4?,7-/m1/s1. The van der Waals surface area contributed by atoms with E-state index in [2.05, 4.69) is 10.1 Å². The molecule has 0 radical (unpaired) electrons. The van der Waals surface area contributed by atoms with Crippen LogP contribution in [0.2, 0.25) is 0 Å². The van der Waals surface area contributed by atoms with Crippen molar-refractivity contribution in [2.24, 2.45) is 0 Å². The zero-order valence-electron chi connectivity index (χ0n) is 7.51. The van der Waals surface area contributed by atoms with Crippen LogP contribution in [0.15, 0.2) is 0 Å². The SMILES string of the molecule is O=C1NC(=O)[C@@]2(N1)[C@H](O)COC(O)[C@@H]2O. The number of amides is 3. The quantitative estimate of drug-likeness (QED) is 0.270. The molecule has 0 aliphatic carbocycles. The zero-order valence-corrected chi connectivity index (χ0v) is 7.51. The Morgan fingerprint density at radius 3 is 2.53 bits per heavy atom. The summed E-state index contributed by atoms with van der Waals surface area (Å²) >= 11 is 0. The summed E-state index contributed by atoms with van der Waals surface area (Å²) in [6.07, 6.45) is -4.76. The average Bonchev–Trinajstić information content (AvgIpc) is 2.47. The van der Waals surface area contributed by atoms with Crippen LogP contribution >= 0.6 is 0 Å². The molecule has 0 bridgehead atoms. The van der Waals surface area contributed by atoms with Crippen LogP contribution in [0.4, 0.5) is 4.79 Å². The summed E-state index contributed by atoms with van der Waals surface area (Å²) in [5, 5.41) is 32.3. The lowest BCUT2D eigenvalue weighted by Crippen LogP contribution is -2.71. The van der Waals surface area contributed by atoms with E-state index in [9.17, 15) is 24.9 Å². The number of carbonyl (C=O) groups is 2. The molecule has 0 aromatic carbocycles. The molecule has 0 aromatic rings. The molecule has 84 valence electrons. The van der Waals surface area contributed by atoms with Crippen molar-refractivity contribution >= 4 is 11.9 Å². The molecule has 5 N–H and O–H groups in total. The van der Waals surface area contributed by atoms with E-state index in [1.54, 1.807) is 0 Å². The monoisotopic (exact) mass is 218 g/mol. The van der Waals surface area contributed by atoms with Crippen molar-refractivity contribution in [2.75, 3.05) is 6.61 Å². The van der Waals surface area contributed by atoms with Gasteiger partial charge in [-0.3, -0.25) is 10.1 Å². The number of ether oxygens (including phenoxy) is 1. The van der Waals surface area contributed by atoms with E-state index < -0.39 is 36.0 Å². The van der Waals surface area contributed by atoms with E-state index in [0.29, 0.717) is 0 Å². The molecule has 2 aliphatic rings. The summed E-state index contributed by atoms with van der Waals surface area (Å²) in [7, 11) is 0. The molecular weight excluding hydrogens is 208 g/mol. The Morgan fingerprint density at radius 1 is 1.33 bits per heavy atom. The second-order valence-electron chi connectivity index (χ2n) is 3.46. The smallest absolute Gasteiger partial charge is 0.322 e. The fourth-order valence-electron chi connectivity index (χ4n) is 1.76. The molecule has 3 amide bonds. The van der Waals surface area contributed by atoms with Crippen molar-refractivity contribution in [3.05, 3.63) is 0 Å². The summed E-state index contributed by atoms with van der Waals surface area (Å²) in [5.41, 5.74) is -1.92. The lowest BCUT2D eigenvalue weighted by atomic mass is 9.84. The predicted octanol–water partition coefficient (Wildman–Crippen LogP) is -3.36. The van der Waals surface area contributed by atoms with Crippen molar-refractivity contribution in [2.45, 2.75) is 24.0 Å². The minimum Gasteiger partial charge on any atom is -0.388 e. The number of urea groups is 1. The fourth-order valence-corrected chi connectivity index (χ4v) is 1.76. The third-order valence-electron chi connectivity index (χ3n) is 2.61. The highest BCUT2D eigenvalue weighted by Gasteiger charge is 2.61. The zero-order chi connectivity index (χ0) is 11.2. The van der Waals surface area contributed by atoms with Crippen LogP contribution in [-0.4, -0.2) is 57.9 Å². The lowest BCUT2D eigenvalue weighted by Gasteiger charge is -2.41. The Labute approximate surface area is 83.8 Å². The van der Waals surface area contributed by atoms with E-state index >= 15 is 0 Å². The molecule has 2 aliphatic heterocycles. The summed E-state index contributed by atoms with van der Waals surface area (Å²) in [4.78, 5) is 22.4. The van der Waals surface area contributed by atoms with Crippen LogP contribution in [0.1, 0.15) is 0 Å². The normalized spacial score (nSPS) is 45.4. The Kier molecular flexibility index (Phi) is 2.15. The van der Waals surface area contributed by atoms with Gasteiger partial charge in [0.1, 0.15) is 12.2 Å². The van der Waals surface area contributed by atoms with Crippen molar-refractivity contribution < 1.29 is 29.6 Å². The molecule has 8 nitrogen and oxygen atoms in total. The number of carbonyl (C=O) groups excluding carboxylic acids is 2. The van der Waals surface area contributed by atoms with Crippen molar-refractivity contribution in [3.63, 3.8) is 0 Å². The Hall–Kier alpha value is -1.22. The van der Waals surface area contributed by atoms with Gasteiger partial charge in [-0.1, -0.05) is 0 Å². The molecular formula is C7H10N2O6. The summed E-state index contributed by atoms with van der Waals surface area (Å²) in [6.45, 7) is -0.355. The summed E-state index contributed by atoms with van der Waals surface area (Å²) in [6, 6.07) is -0.827. The van der Waals surface area contributed by atoms with Crippen molar-refractivity contribution in [1.29, 1.82) is 0 Å². The van der Waals surface area contributed by atoms with E-state index in [1.807, 2.05) is 5.32 Å². The van der Waals surface area contributed by atoms with E-state index in [4.69, 9.17) is 0 Å². The highest BCUT2D eigenvalue weighted by Crippen LogP contribution is 2.27. The molecule has 2 fully saturated rings. The maximum atomic E-state index is 11.4. The van der Waals surface area contributed by atoms with E-state index in [0.717, 1.165) is 0 Å². The molecule has 8 heteroatoms. The van der Waals surface area contributed by atoms with Gasteiger partial charge in [0.25, 0.3) is 5.91 Å². The van der Waals surface area contributed by atoms with Gasteiger partial charge in [-0.15, -0.1) is 0 Å². The van der Waals surface area contributed by atoms with Crippen LogP contribution in [0.25, 0.3) is 0 Å². The number of aliphatic hydroxyl groups excluding tert-OH is 3. The third-order valence-corrected chi connectivity index (χ3v) is 2.61. The van der Waals surface area contributed by atoms with E-state index in [1.165, 1.54) is 0 Å². The predicted molar refractivity (Wildman–Crippen MR) is 43.4 cm³/mol. The van der Waals surface area contributed by atoms with Crippen molar-refractivity contribution in [3.8, 4) is 0 Å². The minimum atomic E-state index is -1.92. The molecule has 0 aromatic heterocycles. The number of imide groups is 1. The van der Waals surface area contributed by atoms with Gasteiger partial charge in [0, 0.05) is 0 Å². The average molecular weight is 218 g/mol. The van der Waals surface area contributed by atoms with Gasteiger partial charge in [0.15, 0.2) is 11.8 Å². The number of nitrogens with one attached hydrogen (secondary N) is 2. The van der Waals surface area contributed by atoms with Gasteiger partial charge < -0.3 is 25.4 Å². The highest BCUT2D eigenvalue weighted by atomic mass is 16.6. The number of hydrogen-bond donors (Lipinski definition) is 5. The van der Waals surface area contributed by atoms with Gasteiger partial charge >= 0.3 is 6.03 Å². The first kappa shape index (κ1) is 10.3. The second-order valence-corrected chi connectivity index (χ2v) is 3.46. The van der Waals surface area contributed by atoms with Crippen LogP contribution in [0.5, 0.6) is 0 Å². The number of hydrogen-bond acceptors (Lipinski definition) is 6. The molecule has 2 saturated heterocycles. The summed E-state index contributed by atoms with van der Waals surface area (Å²) in [5.74, 6) is -0.880. The first-order valence-corrected chi connectivity index (χ1v) is 4.28. The minimum absolute atomic E-state index is 0.355. The Bertz CT molecular complexity index is 321. The molecule has 0 saturated carbocycles. The fraction of sp³-hybridized carbons (Fsp3) is 0.714. The molecule has 15 heavy (non-hydrogen) atoms. The highest BCUT2D eigenvalue weighted by molar-refractivity contribution is 6.08. The largest absolute Gasteiger partial charge is 0.388 e. The van der Waals surface area contributed by atoms with Crippen LogP contribution in [-0.2, 0) is 9.53 Å². The van der Waals surface area contributed by atoms with Crippen LogP contribution in [0.3, 0.4) is 0 Å². The third kappa shape index (κ3) is 1.23. The number of aliphatic hydroxyl groups is 3. The first-order valence-electron chi connectivity index (χ1n) is 4.28. The van der Waals surface area contributed by atoms with Crippen LogP contribution in [0, 0.1) is 0 Å². The first-order chi connectivity index (χ1) is 6.98. The molecule has 1 spiro atoms. The second kappa shape index (κ2) is 3.14. The van der Waals surface area contributed by atoms with Gasteiger partial charge in [-0.25, -0.2) is 4.79 Å². The maximum Gasteiger partial charge on any atom is 0.322 e. The topological polar surface area (TPSA) is 128 Å². The van der Waals surface area contributed by atoms with Gasteiger partial charge in [-0.2, -0.15) is 0 Å². The van der Waals surface area contributed by atoms with Gasteiger partial charge in [0.2, 0.25) is 0 Å². The van der Waals surface area contributed by atoms with E-state index in [-0.39, 0.29) is 6.61 Å². The lowest BCUT2D eigenvalue weighted by molar-refractivity contribution is -0.241. The number of rotatable bonds is 0. The Balaban J connectivity index is 2.38. The summed E-state index contributed by atoms with van der Waals surface area (Å²) < 4.78 is 4.60. The molecule has 1 unspecified atom stereocenters. The van der Waals surface area contributed by atoms with Crippen LogP contribution < -0.4 is 10.6 Å².